The van der Waals surface area contributed by atoms with E-state index in [9.17, 15) is 0 Å². The van der Waals surface area contributed by atoms with Crippen LogP contribution in [0.15, 0.2) is 24.7 Å². The maximum Gasteiger partial charge on any atom is 0.225 e. The minimum absolute atomic E-state index is 0.418. The van der Waals surface area contributed by atoms with E-state index in [1.807, 2.05) is 12.3 Å². The lowest BCUT2D eigenvalue weighted by atomic mass is 10.1. The molecule has 1 aliphatic carbocycles. The molecule has 0 aromatic carbocycles. The molecule has 0 unspecified atom stereocenters. The second-order valence-corrected chi connectivity index (χ2v) is 7.09. The third-order valence-corrected chi connectivity index (χ3v) is 4.72. The van der Waals surface area contributed by atoms with Crippen molar-refractivity contribution in [2.24, 2.45) is 0 Å². The Labute approximate surface area is 148 Å². The molecule has 3 heterocycles. The molecule has 2 aromatic heterocycles. The number of anilines is 3. The van der Waals surface area contributed by atoms with Gasteiger partial charge in [0.15, 0.2) is 0 Å². The first-order chi connectivity index (χ1) is 12.2. The minimum atomic E-state index is 0.418. The molecule has 1 saturated heterocycles. The fourth-order valence-corrected chi connectivity index (χ4v) is 3.01. The summed E-state index contributed by atoms with van der Waals surface area (Å²) in [5.74, 6) is 3.18. The number of rotatable bonds is 5. The zero-order chi connectivity index (χ0) is 17.2. The topological polar surface area (TPSA) is 70.1 Å². The Morgan fingerprint density at radius 3 is 2.52 bits per heavy atom. The summed E-state index contributed by atoms with van der Waals surface area (Å²) in [4.78, 5) is 22.5. The van der Waals surface area contributed by atoms with Gasteiger partial charge in [0, 0.05) is 50.2 Å². The highest BCUT2D eigenvalue weighted by Gasteiger charge is 2.23. The van der Waals surface area contributed by atoms with E-state index < -0.39 is 0 Å². The number of nitrogens with zero attached hydrogens (tertiary/aromatic N) is 6. The Hall–Kier alpha value is -2.44. The zero-order valence-corrected chi connectivity index (χ0v) is 14.9. The van der Waals surface area contributed by atoms with E-state index in [1.54, 1.807) is 6.33 Å². The van der Waals surface area contributed by atoms with Crippen molar-refractivity contribution < 1.29 is 0 Å². The average Bonchev–Trinajstić information content (AvgIpc) is 3.46. The van der Waals surface area contributed by atoms with Gasteiger partial charge in [0.05, 0.1) is 0 Å². The normalized spacial score (nSPS) is 17.9. The maximum absolute atomic E-state index is 4.71. The number of aromatic nitrogens is 4. The van der Waals surface area contributed by atoms with Crippen LogP contribution in [0.5, 0.6) is 0 Å². The molecule has 25 heavy (non-hydrogen) atoms. The summed E-state index contributed by atoms with van der Waals surface area (Å²) < 4.78 is 0. The number of hydrogen-bond donors (Lipinski definition) is 1. The van der Waals surface area contributed by atoms with Crippen LogP contribution in [-0.2, 0) is 0 Å². The molecule has 0 radical (unpaired) electrons. The van der Waals surface area contributed by atoms with Gasteiger partial charge in [0.25, 0.3) is 0 Å². The number of nitrogens with one attached hydrogen (secondary N) is 1. The van der Waals surface area contributed by atoms with Crippen LogP contribution in [0, 0.1) is 0 Å². The highest BCUT2D eigenvalue weighted by Crippen LogP contribution is 2.25. The molecule has 7 nitrogen and oxygen atoms in total. The fourth-order valence-electron chi connectivity index (χ4n) is 3.01. The van der Waals surface area contributed by atoms with Crippen LogP contribution < -0.4 is 15.1 Å². The first kappa shape index (κ1) is 16.1. The van der Waals surface area contributed by atoms with Crippen molar-refractivity contribution in [1.82, 2.24) is 19.9 Å². The Bertz CT molecular complexity index is 721. The summed E-state index contributed by atoms with van der Waals surface area (Å²) in [6.45, 7) is 7.94. The van der Waals surface area contributed by atoms with Crippen LogP contribution in [0.3, 0.4) is 0 Å². The lowest BCUT2D eigenvalue weighted by Gasteiger charge is -2.35. The Morgan fingerprint density at radius 2 is 1.80 bits per heavy atom. The summed E-state index contributed by atoms with van der Waals surface area (Å²) in [5, 5.41) is 3.44. The molecule has 0 spiro atoms. The molecule has 7 heteroatoms. The highest BCUT2D eigenvalue weighted by atomic mass is 15.3. The van der Waals surface area contributed by atoms with Crippen molar-refractivity contribution in [2.75, 3.05) is 41.3 Å². The molecule has 4 rings (SSSR count). The first-order valence-electron chi connectivity index (χ1n) is 9.10. The van der Waals surface area contributed by atoms with Gasteiger partial charge in [-0.1, -0.05) is 13.8 Å². The van der Waals surface area contributed by atoms with Crippen LogP contribution in [0.25, 0.3) is 0 Å². The second-order valence-electron chi connectivity index (χ2n) is 7.09. The van der Waals surface area contributed by atoms with E-state index in [4.69, 9.17) is 4.98 Å². The fraction of sp³-hybridized carbons (Fsp3) is 0.556. The van der Waals surface area contributed by atoms with Crippen LogP contribution in [0.1, 0.15) is 38.3 Å². The minimum Gasteiger partial charge on any atom is -0.367 e. The first-order valence-corrected chi connectivity index (χ1v) is 9.10. The van der Waals surface area contributed by atoms with Crippen LogP contribution >= 0.6 is 0 Å². The molecular formula is C18H25N7. The number of hydrogen-bond acceptors (Lipinski definition) is 7. The van der Waals surface area contributed by atoms with Crippen molar-refractivity contribution in [1.29, 1.82) is 0 Å². The Morgan fingerprint density at radius 1 is 1.04 bits per heavy atom. The van der Waals surface area contributed by atoms with Gasteiger partial charge in [-0.3, -0.25) is 0 Å². The van der Waals surface area contributed by atoms with Gasteiger partial charge in [-0.15, -0.1) is 0 Å². The quantitative estimate of drug-likeness (QED) is 0.896. The Kier molecular flexibility index (Phi) is 4.38. The third-order valence-electron chi connectivity index (χ3n) is 4.72. The van der Waals surface area contributed by atoms with Crippen molar-refractivity contribution in [3.05, 3.63) is 30.4 Å². The van der Waals surface area contributed by atoms with Crippen LogP contribution in [0.4, 0.5) is 17.6 Å². The molecular weight excluding hydrogens is 314 g/mol. The van der Waals surface area contributed by atoms with Crippen molar-refractivity contribution >= 4 is 17.6 Å². The summed E-state index contributed by atoms with van der Waals surface area (Å²) in [5.41, 5.74) is 1.10. The molecule has 0 amide bonds. The lowest BCUT2D eigenvalue weighted by Crippen LogP contribution is -2.47. The third kappa shape index (κ3) is 3.81. The van der Waals surface area contributed by atoms with Crippen molar-refractivity contribution in [3.8, 4) is 0 Å². The van der Waals surface area contributed by atoms with Gasteiger partial charge in [-0.2, -0.15) is 0 Å². The predicted octanol–water partition coefficient (Wildman–Crippen LogP) is 2.29. The average molecular weight is 339 g/mol. The summed E-state index contributed by atoms with van der Waals surface area (Å²) in [6, 6.07) is 4.66. The molecule has 132 valence electrons. The summed E-state index contributed by atoms with van der Waals surface area (Å²) in [7, 11) is 0. The standard InChI is InChI=1S/C18H25N7/c1-13(2)15-5-6-19-18(23-15)25-9-7-24(8-10-25)17-11-16(20-12-21-17)22-14-3-4-14/h5-6,11-14H,3-4,7-10H2,1-2H3,(H,20,21,22). The van der Waals surface area contributed by atoms with E-state index in [2.05, 4.69) is 50.0 Å². The van der Waals surface area contributed by atoms with Crippen LogP contribution in [-0.4, -0.2) is 52.2 Å². The number of piperazine rings is 1. The van der Waals surface area contributed by atoms with E-state index in [0.29, 0.717) is 12.0 Å². The second kappa shape index (κ2) is 6.82. The van der Waals surface area contributed by atoms with Gasteiger partial charge >= 0.3 is 0 Å². The molecule has 1 saturated carbocycles. The van der Waals surface area contributed by atoms with Crippen molar-refractivity contribution in [3.63, 3.8) is 0 Å². The van der Waals surface area contributed by atoms with Gasteiger partial charge in [0.2, 0.25) is 5.95 Å². The molecule has 0 bridgehead atoms. The lowest BCUT2D eigenvalue weighted by molar-refractivity contribution is 0.630. The molecule has 1 N–H and O–H groups in total. The highest BCUT2D eigenvalue weighted by molar-refractivity contribution is 5.50. The molecule has 2 aliphatic rings. The van der Waals surface area contributed by atoms with Gasteiger partial charge in [0.1, 0.15) is 18.0 Å². The monoisotopic (exact) mass is 339 g/mol. The van der Waals surface area contributed by atoms with Gasteiger partial charge < -0.3 is 15.1 Å². The summed E-state index contributed by atoms with van der Waals surface area (Å²) >= 11 is 0. The molecule has 2 fully saturated rings. The molecule has 1 aliphatic heterocycles. The van der Waals surface area contributed by atoms with E-state index in [0.717, 1.165) is 49.5 Å². The maximum atomic E-state index is 4.71. The molecule has 2 aromatic rings. The SMILES string of the molecule is CC(C)c1ccnc(N2CCN(c3cc(NC4CC4)ncn3)CC2)n1. The van der Waals surface area contributed by atoms with E-state index >= 15 is 0 Å². The van der Waals surface area contributed by atoms with Crippen molar-refractivity contribution in [2.45, 2.75) is 38.6 Å². The van der Waals surface area contributed by atoms with E-state index in [-0.39, 0.29) is 0 Å². The smallest absolute Gasteiger partial charge is 0.225 e. The Balaban J connectivity index is 1.40. The molecule has 0 atom stereocenters. The predicted molar refractivity (Wildman–Crippen MR) is 99.2 cm³/mol. The van der Waals surface area contributed by atoms with E-state index in [1.165, 1.54) is 12.8 Å². The van der Waals surface area contributed by atoms with Gasteiger partial charge in [-0.25, -0.2) is 19.9 Å². The summed E-state index contributed by atoms with van der Waals surface area (Å²) in [6.07, 6.45) is 6.01. The largest absolute Gasteiger partial charge is 0.367 e. The van der Waals surface area contributed by atoms with Crippen LogP contribution in [0.2, 0.25) is 0 Å². The van der Waals surface area contributed by atoms with Gasteiger partial charge in [-0.05, 0) is 24.8 Å². The zero-order valence-electron chi connectivity index (χ0n) is 14.9.